The normalized spacial score (nSPS) is 10.7. The van der Waals surface area contributed by atoms with Gasteiger partial charge in [-0.15, -0.1) is 0 Å². The average Bonchev–Trinajstić information content (AvgIpc) is 2.91. The Balaban J connectivity index is 2.04. The minimum atomic E-state index is 0.402. The van der Waals surface area contributed by atoms with E-state index in [9.17, 15) is 0 Å². The summed E-state index contributed by atoms with van der Waals surface area (Å²) < 4.78 is 6.99. The van der Waals surface area contributed by atoms with E-state index >= 15 is 0 Å². The van der Waals surface area contributed by atoms with E-state index in [1.807, 2.05) is 12.1 Å². The molecule has 20 heavy (non-hydrogen) atoms. The molecule has 0 saturated heterocycles. The van der Waals surface area contributed by atoms with Crippen LogP contribution in [0.15, 0.2) is 50.1 Å². The lowest BCUT2D eigenvalue weighted by Crippen LogP contribution is -1.87. The summed E-state index contributed by atoms with van der Waals surface area (Å²) in [5, 5.41) is 3.97. The van der Waals surface area contributed by atoms with Gasteiger partial charge in [-0.1, -0.05) is 5.16 Å². The van der Waals surface area contributed by atoms with Crippen LogP contribution >= 0.6 is 31.9 Å². The number of halogens is 2. The molecular formula is C13H8Br2N4O. The van der Waals surface area contributed by atoms with Crippen LogP contribution in [0.3, 0.4) is 0 Å². The Morgan fingerprint density at radius 1 is 1.10 bits per heavy atom. The maximum absolute atomic E-state index is 5.78. The van der Waals surface area contributed by atoms with E-state index in [2.05, 4.69) is 47.0 Å². The highest BCUT2D eigenvalue weighted by molar-refractivity contribution is 9.10. The monoisotopic (exact) mass is 394 g/mol. The minimum Gasteiger partial charge on any atom is -0.399 e. The van der Waals surface area contributed by atoms with Crippen molar-refractivity contribution < 1.29 is 4.52 Å². The van der Waals surface area contributed by atoms with Gasteiger partial charge in [-0.2, -0.15) is 4.98 Å². The van der Waals surface area contributed by atoms with Gasteiger partial charge in [0.15, 0.2) is 0 Å². The van der Waals surface area contributed by atoms with E-state index in [4.69, 9.17) is 10.3 Å². The van der Waals surface area contributed by atoms with Crippen molar-refractivity contribution in [3.8, 4) is 22.8 Å². The standard InChI is InChI=1S/C13H8Br2N4O/c14-8-3-7(5-17-6-8)12-18-13(20-19-12)10-4-9(16)1-2-11(10)15/h1-6H,16H2. The predicted octanol–water partition coefficient (Wildman–Crippen LogP) is 3.91. The molecule has 2 aromatic heterocycles. The third-order valence-corrected chi connectivity index (χ3v) is 3.74. The van der Waals surface area contributed by atoms with Gasteiger partial charge in [-0.3, -0.25) is 4.98 Å². The second-order valence-electron chi connectivity index (χ2n) is 4.05. The zero-order valence-corrected chi connectivity index (χ0v) is 13.2. The zero-order valence-electron chi connectivity index (χ0n) is 10.0. The quantitative estimate of drug-likeness (QED) is 0.665. The molecule has 5 nitrogen and oxygen atoms in total. The summed E-state index contributed by atoms with van der Waals surface area (Å²) in [6.07, 6.45) is 3.37. The van der Waals surface area contributed by atoms with Crippen LogP contribution < -0.4 is 5.73 Å². The largest absolute Gasteiger partial charge is 0.399 e. The first kappa shape index (κ1) is 13.3. The highest BCUT2D eigenvalue weighted by Gasteiger charge is 2.14. The van der Waals surface area contributed by atoms with Crippen molar-refractivity contribution in [3.63, 3.8) is 0 Å². The fourth-order valence-corrected chi connectivity index (χ4v) is 2.47. The molecule has 3 rings (SSSR count). The SMILES string of the molecule is Nc1ccc(Br)c(-c2nc(-c3cncc(Br)c3)no2)c1. The van der Waals surface area contributed by atoms with E-state index in [0.717, 1.165) is 20.1 Å². The zero-order chi connectivity index (χ0) is 14.1. The van der Waals surface area contributed by atoms with Gasteiger partial charge in [0.25, 0.3) is 5.89 Å². The van der Waals surface area contributed by atoms with E-state index in [-0.39, 0.29) is 0 Å². The third kappa shape index (κ3) is 2.59. The molecular weight excluding hydrogens is 388 g/mol. The second-order valence-corrected chi connectivity index (χ2v) is 5.82. The van der Waals surface area contributed by atoms with Crippen molar-refractivity contribution in [3.05, 3.63) is 45.6 Å². The Kier molecular flexibility index (Phi) is 3.54. The van der Waals surface area contributed by atoms with Crippen LogP contribution in [0.5, 0.6) is 0 Å². The summed E-state index contributed by atoms with van der Waals surface area (Å²) >= 11 is 6.80. The van der Waals surface area contributed by atoms with Crippen LogP contribution in [0.2, 0.25) is 0 Å². The smallest absolute Gasteiger partial charge is 0.259 e. The highest BCUT2D eigenvalue weighted by Crippen LogP contribution is 2.30. The van der Waals surface area contributed by atoms with Gasteiger partial charge in [0.1, 0.15) is 0 Å². The number of anilines is 1. The second kappa shape index (κ2) is 5.34. The molecule has 0 saturated carbocycles. The third-order valence-electron chi connectivity index (χ3n) is 2.61. The summed E-state index contributed by atoms with van der Waals surface area (Å²) in [4.78, 5) is 8.45. The maximum atomic E-state index is 5.78. The number of aromatic nitrogens is 3. The Hall–Kier alpha value is -1.73. The fourth-order valence-electron chi connectivity index (χ4n) is 1.69. The first-order valence-corrected chi connectivity index (χ1v) is 7.22. The van der Waals surface area contributed by atoms with Gasteiger partial charge < -0.3 is 10.3 Å². The molecule has 0 aliphatic carbocycles. The molecule has 100 valence electrons. The Bertz CT molecular complexity index is 773. The number of hydrogen-bond donors (Lipinski definition) is 1. The molecule has 0 fully saturated rings. The lowest BCUT2D eigenvalue weighted by atomic mass is 10.2. The van der Waals surface area contributed by atoms with Crippen molar-refractivity contribution in [1.29, 1.82) is 0 Å². The van der Waals surface area contributed by atoms with E-state index in [0.29, 0.717) is 17.4 Å². The molecule has 0 atom stereocenters. The molecule has 0 unspecified atom stereocenters. The van der Waals surface area contributed by atoms with Crippen LogP contribution in [-0.4, -0.2) is 15.1 Å². The maximum Gasteiger partial charge on any atom is 0.259 e. The van der Waals surface area contributed by atoms with Crippen molar-refractivity contribution in [2.24, 2.45) is 0 Å². The molecule has 1 aromatic carbocycles. The Morgan fingerprint density at radius 2 is 1.95 bits per heavy atom. The van der Waals surface area contributed by atoms with Crippen LogP contribution in [-0.2, 0) is 0 Å². The molecule has 3 aromatic rings. The topological polar surface area (TPSA) is 77.8 Å². The molecule has 0 amide bonds. The number of benzene rings is 1. The molecule has 7 heteroatoms. The summed E-state index contributed by atoms with van der Waals surface area (Å²) in [6, 6.07) is 7.29. The molecule has 2 heterocycles. The molecule has 2 N–H and O–H groups in total. The van der Waals surface area contributed by atoms with Gasteiger partial charge in [-0.05, 0) is 56.1 Å². The summed E-state index contributed by atoms with van der Waals surface area (Å²) in [5.74, 6) is 0.877. The van der Waals surface area contributed by atoms with Crippen LogP contribution in [0.25, 0.3) is 22.8 Å². The molecule has 0 spiro atoms. The van der Waals surface area contributed by atoms with Gasteiger partial charge in [0.05, 0.1) is 5.56 Å². The number of pyridine rings is 1. The molecule has 0 radical (unpaired) electrons. The number of hydrogen-bond acceptors (Lipinski definition) is 5. The van der Waals surface area contributed by atoms with Gasteiger partial charge in [0.2, 0.25) is 5.82 Å². The summed E-state index contributed by atoms with van der Waals surface area (Å²) in [5.41, 5.74) is 7.94. The number of nitrogens with two attached hydrogens (primary N) is 1. The predicted molar refractivity (Wildman–Crippen MR) is 82.8 cm³/mol. The van der Waals surface area contributed by atoms with Gasteiger partial charge in [0, 0.05) is 32.6 Å². The fraction of sp³-hybridized carbons (Fsp3) is 0. The highest BCUT2D eigenvalue weighted by atomic mass is 79.9. The molecule has 0 aliphatic heterocycles. The Labute approximate surface area is 131 Å². The molecule has 0 aliphatic rings. The summed E-state index contributed by atoms with van der Waals surface area (Å²) in [7, 11) is 0. The van der Waals surface area contributed by atoms with Crippen LogP contribution in [0, 0.1) is 0 Å². The summed E-state index contributed by atoms with van der Waals surface area (Å²) in [6.45, 7) is 0. The van der Waals surface area contributed by atoms with Crippen molar-refractivity contribution >= 4 is 37.5 Å². The van der Waals surface area contributed by atoms with Crippen LogP contribution in [0.4, 0.5) is 5.69 Å². The van der Waals surface area contributed by atoms with E-state index < -0.39 is 0 Å². The van der Waals surface area contributed by atoms with Crippen molar-refractivity contribution in [2.75, 3.05) is 5.73 Å². The number of nitrogen functional groups attached to an aromatic ring is 1. The van der Waals surface area contributed by atoms with Gasteiger partial charge >= 0.3 is 0 Å². The minimum absolute atomic E-state index is 0.402. The number of rotatable bonds is 2. The number of nitrogens with zero attached hydrogens (tertiary/aromatic N) is 3. The van der Waals surface area contributed by atoms with E-state index in [1.54, 1.807) is 24.5 Å². The van der Waals surface area contributed by atoms with E-state index in [1.165, 1.54) is 0 Å². The molecule has 0 bridgehead atoms. The average molecular weight is 396 g/mol. The van der Waals surface area contributed by atoms with Gasteiger partial charge in [-0.25, -0.2) is 0 Å². The lowest BCUT2D eigenvalue weighted by molar-refractivity contribution is 0.432. The van der Waals surface area contributed by atoms with Crippen LogP contribution in [0.1, 0.15) is 0 Å². The van der Waals surface area contributed by atoms with Crippen molar-refractivity contribution in [2.45, 2.75) is 0 Å². The lowest BCUT2D eigenvalue weighted by Gasteiger charge is -1.99. The van der Waals surface area contributed by atoms with Crippen molar-refractivity contribution in [1.82, 2.24) is 15.1 Å². The first-order chi connectivity index (χ1) is 9.63. The Morgan fingerprint density at radius 3 is 2.75 bits per heavy atom. The first-order valence-electron chi connectivity index (χ1n) is 5.63.